The van der Waals surface area contributed by atoms with E-state index >= 15 is 0 Å². The molecule has 2 aromatic rings. The number of ether oxygens (including phenoxy) is 3. The van der Waals surface area contributed by atoms with Gasteiger partial charge >= 0.3 is 24.1 Å². The number of nitrogens with zero attached hydrogens (tertiary/aromatic N) is 1. The second kappa shape index (κ2) is 16.5. The third-order valence-corrected chi connectivity index (χ3v) is 7.54. The zero-order valence-electron chi connectivity index (χ0n) is 25.4. The molecule has 3 N–H and O–H groups in total. The highest BCUT2D eigenvalue weighted by Crippen LogP contribution is 2.22. The van der Waals surface area contributed by atoms with Crippen LogP contribution >= 0.6 is 0 Å². The molecule has 3 amide bonds. The van der Waals surface area contributed by atoms with E-state index in [1.165, 1.54) is 4.90 Å². The Labute approximate surface area is 253 Å². The van der Waals surface area contributed by atoms with Crippen molar-refractivity contribution < 1.29 is 33.4 Å². The summed E-state index contributed by atoms with van der Waals surface area (Å²) in [5, 5.41) is 9.11. The van der Waals surface area contributed by atoms with Gasteiger partial charge in [-0.3, -0.25) is 4.79 Å². The average Bonchev–Trinajstić information content (AvgIpc) is 3.00. The fourth-order valence-corrected chi connectivity index (χ4v) is 4.77. The highest BCUT2D eigenvalue weighted by molar-refractivity contribution is 6.32. The molecule has 0 unspecified atom stereocenters. The lowest BCUT2D eigenvalue weighted by atomic mass is 9.90. The molecule has 0 aromatic heterocycles. The standard InChI is InChI=1S/C18H24N2O5.C14H20N2O2/c1-3-24-16(22)15(21)20-11-9-18(2,10-12-20)19-17(23)25-13-14-7-5-4-6-8-14;1-14(7-9-15-10-8-14)16-13(17)18-11-12-5-3-2-4-6-12/h4-8H,3,9-13H2,1-2H3,(H,19,23);2-6,15H,7-11H2,1H3,(H,16,17). The molecule has 2 heterocycles. The molecular formula is C32H44N4O7. The van der Waals surface area contributed by atoms with Gasteiger partial charge in [-0.15, -0.1) is 0 Å². The molecule has 4 rings (SSSR count). The van der Waals surface area contributed by atoms with Crippen LogP contribution in [0.3, 0.4) is 0 Å². The predicted molar refractivity (Wildman–Crippen MR) is 161 cm³/mol. The van der Waals surface area contributed by atoms with Gasteiger partial charge in [0.05, 0.1) is 6.61 Å². The fraction of sp³-hybridized carbons (Fsp3) is 0.500. The molecule has 0 spiro atoms. The molecule has 0 atom stereocenters. The van der Waals surface area contributed by atoms with Crippen molar-refractivity contribution in [3.8, 4) is 0 Å². The van der Waals surface area contributed by atoms with Crippen LogP contribution in [0.2, 0.25) is 0 Å². The first-order valence-corrected chi connectivity index (χ1v) is 14.8. The molecule has 43 heavy (non-hydrogen) atoms. The van der Waals surface area contributed by atoms with Crippen molar-refractivity contribution in [3.63, 3.8) is 0 Å². The summed E-state index contributed by atoms with van der Waals surface area (Å²) in [6.45, 7) is 8.97. The number of esters is 1. The van der Waals surface area contributed by atoms with E-state index in [0.29, 0.717) is 32.5 Å². The predicted octanol–water partition coefficient (Wildman–Crippen LogP) is 3.91. The lowest BCUT2D eigenvalue weighted by Gasteiger charge is -2.39. The Hall–Kier alpha value is -4.12. The molecule has 11 nitrogen and oxygen atoms in total. The molecule has 234 valence electrons. The minimum Gasteiger partial charge on any atom is -0.459 e. The number of rotatable bonds is 7. The maximum absolute atomic E-state index is 12.0. The summed E-state index contributed by atoms with van der Waals surface area (Å²) in [5.41, 5.74) is 1.30. The average molecular weight is 597 g/mol. The Morgan fingerprint density at radius 2 is 1.16 bits per heavy atom. The summed E-state index contributed by atoms with van der Waals surface area (Å²) in [6.07, 6.45) is 2.14. The Kier molecular flexibility index (Phi) is 12.8. The summed E-state index contributed by atoms with van der Waals surface area (Å²) in [7, 11) is 0. The molecule has 2 fully saturated rings. The van der Waals surface area contributed by atoms with Crippen LogP contribution in [-0.2, 0) is 37.0 Å². The Balaban J connectivity index is 0.000000248. The van der Waals surface area contributed by atoms with E-state index < -0.39 is 23.5 Å². The number of likely N-dealkylation sites (tertiary alicyclic amines) is 1. The Morgan fingerprint density at radius 3 is 1.60 bits per heavy atom. The van der Waals surface area contributed by atoms with Gasteiger partial charge < -0.3 is 35.1 Å². The van der Waals surface area contributed by atoms with E-state index in [0.717, 1.165) is 37.1 Å². The number of nitrogens with one attached hydrogen (secondary N) is 3. The van der Waals surface area contributed by atoms with Crippen molar-refractivity contribution in [2.75, 3.05) is 32.8 Å². The van der Waals surface area contributed by atoms with Crippen molar-refractivity contribution >= 4 is 24.1 Å². The van der Waals surface area contributed by atoms with Gasteiger partial charge in [0, 0.05) is 24.2 Å². The molecule has 11 heteroatoms. The molecule has 2 aliphatic rings. The number of alkyl carbamates (subject to hydrolysis) is 2. The topological polar surface area (TPSA) is 135 Å². The Bertz CT molecular complexity index is 1180. The van der Waals surface area contributed by atoms with Gasteiger partial charge in [0.2, 0.25) is 0 Å². The number of benzene rings is 2. The summed E-state index contributed by atoms with van der Waals surface area (Å²) in [4.78, 5) is 48.6. The van der Waals surface area contributed by atoms with Crippen molar-refractivity contribution in [2.45, 2.75) is 70.7 Å². The quantitative estimate of drug-likeness (QED) is 0.249. The third kappa shape index (κ3) is 11.6. The van der Waals surface area contributed by atoms with Crippen LogP contribution in [-0.4, -0.2) is 72.8 Å². The molecule has 0 aliphatic carbocycles. The van der Waals surface area contributed by atoms with E-state index in [1.807, 2.05) is 67.6 Å². The zero-order valence-corrected chi connectivity index (χ0v) is 25.4. The number of amides is 3. The van der Waals surface area contributed by atoms with E-state index in [4.69, 9.17) is 14.2 Å². The van der Waals surface area contributed by atoms with Crippen molar-refractivity contribution in [3.05, 3.63) is 71.8 Å². The SMILES string of the molecule is CC1(NC(=O)OCc2ccccc2)CCNCC1.CCOC(=O)C(=O)N1CCC(C)(NC(=O)OCc2ccccc2)CC1. The third-order valence-electron chi connectivity index (χ3n) is 7.54. The molecule has 2 aliphatic heterocycles. The van der Waals surface area contributed by atoms with Gasteiger partial charge in [0.25, 0.3) is 0 Å². The first-order valence-electron chi connectivity index (χ1n) is 14.8. The van der Waals surface area contributed by atoms with Gasteiger partial charge in [0.1, 0.15) is 13.2 Å². The van der Waals surface area contributed by atoms with E-state index in [9.17, 15) is 19.2 Å². The minimum atomic E-state index is -0.832. The molecule has 2 aromatic carbocycles. The van der Waals surface area contributed by atoms with Crippen LogP contribution in [0.25, 0.3) is 0 Å². The number of hydrogen-bond donors (Lipinski definition) is 3. The summed E-state index contributed by atoms with van der Waals surface area (Å²) >= 11 is 0. The molecular weight excluding hydrogens is 552 g/mol. The first kappa shape index (κ1) is 33.4. The van der Waals surface area contributed by atoms with Crippen LogP contribution in [0, 0.1) is 0 Å². The normalized spacial score (nSPS) is 16.9. The number of hydrogen-bond acceptors (Lipinski definition) is 8. The number of carbonyl (C=O) groups excluding carboxylic acids is 4. The van der Waals surface area contributed by atoms with Gasteiger partial charge in [-0.05, 0) is 70.7 Å². The van der Waals surface area contributed by atoms with Crippen molar-refractivity contribution in [1.82, 2.24) is 20.9 Å². The highest BCUT2D eigenvalue weighted by atomic mass is 16.6. The second-order valence-electron chi connectivity index (χ2n) is 11.3. The smallest absolute Gasteiger partial charge is 0.407 e. The van der Waals surface area contributed by atoms with E-state index in [2.05, 4.69) is 22.9 Å². The molecule has 2 saturated heterocycles. The monoisotopic (exact) mass is 596 g/mol. The van der Waals surface area contributed by atoms with Crippen LogP contribution in [0.15, 0.2) is 60.7 Å². The van der Waals surface area contributed by atoms with Gasteiger partial charge in [0.15, 0.2) is 0 Å². The summed E-state index contributed by atoms with van der Waals surface area (Å²) in [5.74, 6) is -1.46. The van der Waals surface area contributed by atoms with Gasteiger partial charge in [-0.1, -0.05) is 60.7 Å². The van der Waals surface area contributed by atoms with E-state index in [1.54, 1.807) is 6.92 Å². The van der Waals surface area contributed by atoms with Crippen LogP contribution < -0.4 is 16.0 Å². The van der Waals surface area contributed by atoms with Crippen LogP contribution in [0.1, 0.15) is 57.6 Å². The lowest BCUT2D eigenvalue weighted by molar-refractivity contribution is -0.160. The minimum absolute atomic E-state index is 0.140. The van der Waals surface area contributed by atoms with Crippen LogP contribution in [0.5, 0.6) is 0 Å². The second-order valence-corrected chi connectivity index (χ2v) is 11.3. The molecule has 0 saturated carbocycles. The zero-order chi connectivity index (χ0) is 31.1. The lowest BCUT2D eigenvalue weighted by Crippen LogP contribution is -2.55. The number of piperidine rings is 2. The largest absolute Gasteiger partial charge is 0.459 e. The van der Waals surface area contributed by atoms with Crippen molar-refractivity contribution in [1.29, 1.82) is 0 Å². The van der Waals surface area contributed by atoms with E-state index in [-0.39, 0.29) is 24.8 Å². The van der Waals surface area contributed by atoms with Crippen LogP contribution in [0.4, 0.5) is 9.59 Å². The Morgan fingerprint density at radius 1 is 0.721 bits per heavy atom. The summed E-state index contributed by atoms with van der Waals surface area (Å²) < 4.78 is 15.2. The summed E-state index contributed by atoms with van der Waals surface area (Å²) in [6, 6.07) is 19.1. The highest BCUT2D eigenvalue weighted by Gasteiger charge is 2.35. The molecule has 0 radical (unpaired) electrons. The maximum Gasteiger partial charge on any atom is 0.407 e. The maximum atomic E-state index is 12.0. The van der Waals surface area contributed by atoms with Gasteiger partial charge in [-0.2, -0.15) is 0 Å². The van der Waals surface area contributed by atoms with Crippen molar-refractivity contribution in [2.24, 2.45) is 0 Å². The fourth-order valence-electron chi connectivity index (χ4n) is 4.77. The first-order chi connectivity index (χ1) is 20.6. The number of carbonyl (C=O) groups is 4. The molecule has 0 bridgehead atoms. The van der Waals surface area contributed by atoms with Gasteiger partial charge in [-0.25, -0.2) is 14.4 Å².